The van der Waals surface area contributed by atoms with Crippen molar-refractivity contribution in [2.24, 2.45) is 5.41 Å². The van der Waals surface area contributed by atoms with E-state index in [1.165, 1.54) is 19.3 Å². The minimum Gasteiger partial charge on any atom is -0.369 e. The molecule has 2 nitrogen and oxygen atoms in total. The quantitative estimate of drug-likeness (QED) is 0.772. The maximum absolute atomic E-state index is 5.79. The summed E-state index contributed by atoms with van der Waals surface area (Å²) in [7, 11) is 0. The lowest BCUT2D eigenvalue weighted by atomic mass is 10.0. The number of hydrogen-bond acceptors (Lipinski definition) is 2. The van der Waals surface area contributed by atoms with Gasteiger partial charge in [-0.2, -0.15) is 0 Å². The smallest absolute Gasteiger partial charge is 0.131 e. The van der Waals surface area contributed by atoms with Gasteiger partial charge in [0, 0.05) is 6.54 Å². The van der Waals surface area contributed by atoms with Gasteiger partial charge in [0.1, 0.15) is 11.0 Å². The lowest BCUT2D eigenvalue weighted by Crippen LogP contribution is -2.14. The molecule has 1 aliphatic carbocycles. The van der Waals surface area contributed by atoms with Gasteiger partial charge in [0.25, 0.3) is 0 Å². The molecule has 2 rings (SSSR count). The zero-order valence-corrected chi connectivity index (χ0v) is 9.14. The van der Waals surface area contributed by atoms with Gasteiger partial charge in [-0.1, -0.05) is 24.6 Å². The van der Waals surface area contributed by atoms with Crippen molar-refractivity contribution in [1.82, 2.24) is 4.98 Å². The number of nitrogens with one attached hydrogen (secondary N) is 1. The molecule has 0 spiro atoms. The van der Waals surface area contributed by atoms with E-state index in [4.69, 9.17) is 11.6 Å². The molecule has 14 heavy (non-hydrogen) atoms. The third kappa shape index (κ3) is 2.18. The van der Waals surface area contributed by atoms with Gasteiger partial charge in [0.2, 0.25) is 0 Å². The van der Waals surface area contributed by atoms with E-state index in [9.17, 15) is 0 Å². The van der Waals surface area contributed by atoms with Crippen LogP contribution in [0.25, 0.3) is 0 Å². The van der Waals surface area contributed by atoms with Gasteiger partial charge in [0.15, 0.2) is 0 Å². The molecule has 1 aromatic rings. The van der Waals surface area contributed by atoms with E-state index in [0.29, 0.717) is 10.6 Å². The molecule has 0 atom stereocenters. The maximum atomic E-state index is 5.79. The summed E-state index contributed by atoms with van der Waals surface area (Å²) in [4.78, 5) is 4.19. The average Bonchev–Trinajstić information content (AvgIpc) is 2.96. The van der Waals surface area contributed by atoms with Gasteiger partial charge in [-0.15, -0.1) is 0 Å². The Morgan fingerprint density at radius 3 is 2.86 bits per heavy atom. The van der Waals surface area contributed by atoms with Crippen molar-refractivity contribution in [3.05, 3.63) is 23.4 Å². The van der Waals surface area contributed by atoms with Crippen LogP contribution in [-0.2, 0) is 0 Å². The number of halogens is 1. The Balaban J connectivity index is 1.92. The van der Waals surface area contributed by atoms with Crippen molar-refractivity contribution >= 4 is 17.4 Å². The Kier molecular flexibility index (Phi) is 2.64. The van der Waals surface area contributed by atoms with Crippen LogP contribution in [0, 0.1) is 5.41 Å². The van der Waals surface area contributed by atoms with E-state index in [1.807, 2.05) is 12.1 Å². The van der Waals surface area contributed by atoms with Crippen LogP contribution in [0.3, 0.4) is 0 Å². The van der Waals surface area contributed by atoms with Crippen LogP contribution in [0.4, 0.5) is 5.82 Å². The molecule has 76 valence electrons. The fourth-order valence-electron chi connectivity index (χ4n) is 1.62. The van der Waals surface area contributed by atoms with Crippen LogP contribution in [-0.4, -0.2) is 11.5 Å². The monoisotopic (exact) mass is 210 g/mol. The third-order valence-electron chi connectivity index (χ3n) is 3.07. The van der Waals surface area contributed by atoms with Gasteiger partial charge in [-0.25, -0.2) is 4.98 Å². The molecule has 1 heterocycles. The maximum Gasteiger partial charge on any atom is 0.131 e. The van der Waals surface area contributed by atoms with Gasteiger partial charge in [-0.3, -0.25) is 0 Å². The lowest BCUT2D eigenvalue weighted by molar-refractivity contribution is 0.521. The first-order valence-corrected chi connectivity index (χ1v) is 5.48. The van der Waals surface area contributed by atoms with E-state index in [0.717, 1.165) is 12.4 Å². The highest BCUT2D eigenvalue weighted by atomic mass is 35.5. The molecule has 0 aliphatic heterocycles. The number of rotatable bonds is 4. The summed E-state index contributed by atoms with van der Waals surface area (Å²) in [6.07, 6.45) is 3.94. The molecule has 1 aliphatic rings. The van der Waals surface area contributed by atoms with Crippen molar-refractivity contribution in [2.75, 3.05) is 11.9 Å². The fourth-order valence-corrected chi connectivity index (χ4v) is 1.78. The summed E-state index contributed by atoms with van der Waals surface area (Å²) in [5.74, 6) is 0.886. The zero-order valence-electron chi connectivity index (χ0n) is 8.39. The molecule has 1 N–H and O–H groups in total. The second-order valence-electron chi connectivity index (χ2n) is 4.05. The molecule has 3 heteroatoms. The van der Waals surface area contributed by atoms with Crippen molar-refractivity contribution < 1.29 is 0 Å². The van der Waals surface area contributed by atoms with Crippen LogP contribution >= 0.6 is 11.6 Å². The van der Waals surface area contributed by atoms with E-state index in [2.05, 4.69) is 17.2 Å². The van der Waals surface area contributed by atoms with E-state index >= 15 is 0 Å². The van der Waals surface area contributed by atoms with Crippen molar-refractivity contribution in [3.63, 3.8) is 0 Å². The van der Waals surface area contributed by atoms with Crippen molar-refractivity contribution in [2.45, 2.75) is 26.2 Å². The van der Waals surface area contributed by atoms with Crippen molar-refractivity contribution in [3.8, 4) is 0 Å². The summed E-state index contributed by atoms with van der Waals surface area (Å²) >= 11 is 5.79. The molecule has 0 aromatic carbocycles. The largest absolute Gasteiger partial charge is 0.369 e. The minimum absolute atomic E-state index is 0.546. The predicted molar refractivity (Wildman–Crippen MR) is 59.7 cm³/mol. The number of pyridine rings is 1. The summed E-state index contributed by atoms with van der Waals surface area (Å²) < 4.78 is 0. The molecule has 0 saturated heterocycles. The predicted octanol–water partition coefficient (Wildman–Crippen LogP) is 3.34. The van der Waals surface area contributed by atoms with Gasteiger partial charge < -0.3 is 5.32 Å². The molecule has 1 saturated carbocycles. The average molecular weight is 211 g/mol. The summed E-state index contributed by atoms with van der Waals surface area (Å²) in [5, 5.41) is 3.90. The Hall–Kier alpha value is -0.760. The standard InChI is InChI=1S/C11H15ClN2/c1-2-11(6-7-11)8-13-10-5-3-4-9(12)14-10/h3-5H,2,6-8H2,1H3,(H,13,14). The Labute approximate surface area is 89.7 Å². The Bertz CT molecular complexity index is 321. The highest BCUT2D eigenvalue weighted by molar-refractivity contribution is 6.29. The number of nitrogens with zero attached hydrogens (tertiary/aromatic N) is 1. The highest BCUT2D eigenvalue weighted by Crippen LogP contribution is 2.48. The van der Waals surface area contributed by atoms with Crippen molar-refractivity contribution in [1.29, 1.82) is 0 Å². The van der Waals surface area contributed by atoms with Crippen LogP contribution < -0.4 is 5.32 Å². The molecule has 0 bridgehead atoms. The minimum atomic E-state index is 0.546. The number of anilines is 1. The van der Waals surface area contributed by atoms with E-state index < -0.39 is 0 Å². The first-order valence-electron chi connectivity index (χ1n) is 5.11. The molecule has 0 unspecified atom stereocenters. The molecular formula is C11H15ClN2. The fraction of sp³-hybridized carbons (Fsp3) is 0.545. The van der Waals surface area contributed by atoms with Crippen LogP contribution in [0.1, 0.15) is 26.2 Å². The Morgan fingerprint density at radius 1 is 1.50 bits per heavy atom. The normalized spacial score (nSPS) is 17.9. The van der Waals surface area contributed by atoms with Crippen LogP contribution in [0.15, 0.2) is 18.2 Å². The SMILES string of the molecule is CCC1(CNc2cccc(Cl)n2)CC1. The van der Waals surface area contributed by atoms with E-state index in [1.54, 1.807) is 6.07 Å². The second kappa shape index (κ2) is 3.77. The summed E-state index contributed by atoms with van der Waals surface area (Å²) in [5.41, 5.74) is 0.546. The topological polar surface area (TPSA) is 24.9 Å². The number of hydrogen-bond donors (Lipinski definition) is 1. The highest BCUT2D eigenvalue weighted by Gasteiger charge is 2.40. The van der Waals surface area contributed by atoms with Crippen LogP contribution in [0.5, 0.6) is 0 Å². The molecule has 0 radical (unpaired) electrons. The van der Waals surface area contributed by atoms with E-state index in [-0.39, 0.29) is 0 Å². The second-order valence-corrected chi connectivity index (χ2v) is 4.44. The van der Waals surface area contributed by atoms with Gasteiger partial charge in [-0.05, 0) is 36.8 Å². The molecule has 1 aromatic heterocycles. The van der Waals surface area contributed by atoms with Gasteiger partial charge >= 0.3 is 0 Å². The zero-order chi connectivity index (χ0) is 10.0. The molecule has 1 fully saturated rings. The van der Waals surface area contributed by atoms with Gasteiger partial charge in [0.05, 0.1) is 0 Å². The third-order valence-corrected chi connectivity index (χ3v) is 3.28. The molecule has 0 amide bonds. The first-order chi connectivity index (χ1) is 6.74. The summed E-state index contributed by atoms with van der Waals surface area (Å²) in [6, 6.07) is 5.67. The lowest BCUT2D eigenvalue weighted by Gasteiger charge is -2.13. The Morgan fingerprint density at radius 2 is 2.29 bits per heavy atom. The molecular weight excluding hydrogens is 196 g/mol. The van der Waals surface area contributed by atoms with Crippen LogP contribution in [0.2, 0.25) is 5.15 Å². The number of aromatic nitrogens is 1. The summed E-state index contributed by atoms with van der Waals surface area (Å²) in [6.45, 7) is 3.27. The first kappa shape index (κ1) is 9.78.